The van der Waals surface area contributed by atoms with E-state index in [1.807, 2.05) is 80.8 Å². The van der Waals surface area contributed by atoms with Crippen LogP contribution in [0.3, 0.4) is 0 Å². The molecular weight excluding hydrogens is 374 g/mol. The average molecular weight is 404 g/mol. The van der Waals surface area contributed by atoms with Crippen LogP contribution in [0, 0.1) is 0 Å². The number of anilines is 1. The average Bonchev–Trinajstić information content (AvgIpc) is 2.76. The van der Waals surface area contributed by atoms with Crippen LogP contribution in [0.25, 0.3) is 0 Å². The summed E-state index contributed by atoms with van der Waals surface area (Å²) in [6.45, 7) is 0.479. The summed E-state index contributed by atoms with van der Waals surface area (Å²) < 4.78 is 5.33. The van der Waals surface area contributed by atoms with Gasteiger partial charge in [0.15, 0.2) is 0 Å². The van der Waals surface area contributed by atoms with Gasteiger partial charge in [0, 0.05) is 12.2 Å². The molecule has 0 heterocycles. The van der Waals surface area contributed by atoms with Crippen LogP contribution in [0.1, 0.15) is 22.7 Å². The number of urea groups is 1. The number of carbonyl (C=O) groups is 1. The van der Waals surface area contributed by atoms with Gasteiger partial charge in [-0.05, 0) is 55.4 Å². The van der Waals surface area contributed by atoms with Crippen LogP contribution < -0.4 is 15.4 Å². The third-order valence-electron chi connectivity index (χ3n) is 5.06. The number of nitrogens with zero attached hydrogens (tertiary/aromatic N) is 1. The molecule has 0 saturated carbocycles. The highest BCUT2D eigenvalue weighted by molar-refractivity contribution is 5.90. The van der Waals surface area contributed by atoms with Crippen LogP contribution in [0.2, 0.25) is 0 Å². The second-order valence-corrected chi connectivity index (χ2v) is 7.41. The van der Waals surface area contributed by atoms with E-state index in [0.29, 0.717) is 6.54 Å². The van der Waals surface area contributed by atoms with Crippen LogP contribution in [-0.2, 0) is 6.42 Å². The van der Waals surface area contributed by atoms with E-state index in [1.165, 1.54) is 5.56 Å². The number of likely N-dealkylation sites (N-methyl/N-ethyl adjacent to an activating group) is 1. The fourth-order valence-corrected chi connectivity index (χ4v) is 3.42. The van der Waals surface area contributed by atoms with Gasteiger partial charge in [-0.15, -0.1) is 0 Å². The number of rotatable bonds is 8. The van der Waals surface area contributed by atoms with E-state index in [2.05, 4.69) is 27.7 Å². The number of ether oxygens (including phenoxy) is 1. The molecule has 5 heteroatoms. The summed E-state index contributed by atoms with van der Waals surface area (Å²) in [6.07, 6.45) is 0.765. The molecule has 3 rings (SSSR count). The molecule has 0 radical (unpaired) electrons. The first kappa shape index (κ1) is 21.4. The fraction of sp³-hybridized carbons (Fsp3) is 0.240. The number of nitrogens with one attached hydrogen (secondary N) is 2. The number of para-hydroxylation sites is 1. The van der Waals surface area contributed by atoms with Crippen molar-refractivity contribution in [2.24, 2.45) is 0 Å². The van der Waals surface area contributed by atoms with Crippen molar-refractivity contribution >= 4 is 11.7 Å². The molecule has 156 valence electrons. The second-order valence-electron chi connectivity index (χ2n) is 7.41. The molecule has 2 N–H and O–H groups in total. The van der Waals surface area contributed by atoms with Crippen molar-refractivity contribution in [1.82, 2.24) is 10.2 Å². The Morgan fingerprint density at radius 1 is 0.967 bits per heavy atom. The van der Waals surface area contributed by atoms with Gasteiger partial charge < -0.3 is 20.3 Å². The Bertz CT molecular complexity index is 957. The summed E-state index contributed by atoms with van der Waals surface area (Å²) in [4.78, 5) is 14.7. The summed E-state index contributed by atoms with van der Waals surface area (Å²) in [5.41, 5.74) is 4.19. The smallest absolute Gasteiger partial charge is 0.319 e. The Hall–Kier alpha value is -3.31. The highest BCUT2D eigenvalue weighted by Crippen LogP contribution is 2.22. The SMILES string of the molecule is COc1cccc(C(CNC(=O)Nc2ccccc2Cc2ccccc2)N(C)C)c1. The van der Waals surface area contributed by atoms with Crippen LogP contribution in [-0.4, -0.2) is 38.7 Å². The molecule has 5 nitrogen and oxygen atoms in total. The molecule has 3 aromatic carbocycles. The Labute approximate surface area is 178 Å². The van der Waals surface area contributed by atoms with Gasteiger partial charge in [0.25, 0.3) is 0 Å². The Balaban J connectivity index is 1.65. The summed E-state index contributed by atoms with van der Waals surface area (Å²) in [5.74, 6) is 0.804. The fourth-order valence-electron chi connectivity index (χ4n) is 3.42. The Kier molecular flexibility index (Phi) is 7.46. The molecule has 3 aromatic rings. The van der Waals surface area contributed by atoms with Gasteiger partial charge >= 0.3 is 6.03 Å². The number of methoxy groups -OCH3 is 1. The van der Waals surface area contributed by atoms with Crippen molar-refractivity contribution in [2.75, 3.05) is 33.1 Å². The molecule has 1 atom stereocenters. The number of benzene rings is 3. The van der Waals surface area contributed by atoms with E-state index in [4.69, 9.17) is 4.74 Å². The van der Waals surface area contributed by atoms with E-state index in [1.54, 1.807) is 7.11 Å². The van der Waals surface area contributed by atoms with Crippen LogP contribution in [0.15, 0.2) is 78.9 Å². The second kappa shape index (κ2) is 10.5. The van der Waals surface area contributed by atoms with E-state index >= 15 is 0 Å². The third kappa shape index (κ3) is 5.84. The van der Waals surface area contributed by atoms with Gasteiger partial charge in [-0.3, -0.25) is 0 Å². The summed E-state index contributed by atoms with van der Waals surface area (Å²) >= 11 is 0. The topological polar surface area (TPSA) is 53.6 Å². The maximum absolute atomic E-state index is 12.6. The zero-order valence-electron chi connectivity index (χ0n) is 17.8. The van der Waals surface area contributed by atoms with Crippen molar-refractivity contribution in [1.29, 1.82) is 0 Å². The van der Waals surface area contributed by atoms with Crippen LogP contribution in [0.4, 0.5) is 10.5 Å². The quantitative estimate of drug-likeness (QED) is 0.573. The molecule has 2 amide bonds. The summed E-state index contributed by atoms with van der Waals surface area (Å²) in [7, 11) is 5.65. The van der Waals surface area contributed by atoms with E-state index in [9.17, 15) is 4.79 Å². The molecule has 0 aliphatic carbocycles. The molecule has 30 heavy (non-hydrogen) atoms. The molecule has 0 aromatic heterocycles. The van der Waals surface area contributed by atoms with E-state index in [-0.39, 0.29) is 12.1 Å². The molecule has 0 spiro atoms. The van der Waals surface area contributed by atoms with Gasteiger partial charge in [0.2, 0.25) is 0 Å². The lowest BCUT2D eigenvalue weighted by molar-refractivity contribution is 0.243. The predicted octanol–water partition coefficient (Wildman–Crippen LogP) is 4.71. The molecule has 1 unspecified atom stereocenters. The molecule has 0 saturated heterocycles. The first-order valence-corrected chi connectivity index (χ1v) is 10.0. The van der Waals surface area contributed by atoms with Gasteiger partial charge in [-0.25, -0.2) is 4.79 Å². The van der Waals surface area contributed by atoms with Crippen LogP contribution in [0.5, 0.6) is 5.75 Å². The van der Waals surface area contributed by atoms with Crippen molar-refractivity contribution in [3.8, 4) is 5.75 Å². The zero-order chi connectivity index (χ0) is 21.3. The van der Waals surface area contributed by atoms with Gasteiger partial charge in [-0.2, -0.15) is 0 Å². The van der Waals surface area contributed by atoms with Gasteiger partial charge in [-0.1, -0.05) is 60.7 Å². The predicted molar refractivity (Wildman–Crippen MR) is 122 cm³/mol. The first-order valence-electron chi connectivity index (χ1n) is 10.0. The minimum Gasteiger partial charge on any atom is -0.497 e. The molecule has 0 fully saturated rings. The standard InChI is InChI=1S/C25H29N3O2/c1-28(2)24(21-13-9-14-22(17-21)30-3)18-26-25(29)27-23-15-8-7-12-20(23)16-19-10-5-4-6-11-19/h4-15,17,24H,16,18H2,1-3H3,(H2,26,27,29). The number of hydrogen-bond acceptors (Lipinski definition) is 3. The molecule has 0 aliphatic heterocycles. The minimum absolute atomic E-state index is 0.0328. The number of hydrogen-bond donors (Lipinski definition) is 2. The lowest BCUT2D eigenvalue weighted by Crippen LogP contribution is -2.37. The van der Waals surface area contributed by atoms with E-state index < -0.39 is 0 Å². The van der Waals surface area contributed by atoms with Crippen molar-refractivity contribution in [2.45, 2.75) is 12.5 Å². The van der Waals surface area contributed by atoms with Gasteiger partial charge in [0.05, 0.1) is 13.2 Å². The molecular formula is C25H29N3O2. The summed E-state index contributed by atoms with van der Waals surface area (Å²) in [6, 6.07) is 25.9. The maximum atomic E-state index is 12.6. The first-order chi connectivity index (χ1) is 14.6. The Morgan fingerprint density at radius 2 is 1.70 bits per heavy atom. The van der Waals surface area contributed by atoms with Crippen molar-refractivity contribution < 1.29 is 9.53 Å². The Morgan fingerprint density at radius 3 is 2.43 bits per heavy atom. The van der Waals surface area contributed by atoms with Crippen LogP contribution >= 0.6 is 0 Å². The van der Waals surface area contributed by atoms with Crippen molar-refractivity contribution in [3.05, 3.63) is 95.6 Å². The summed E-state index contributed by atoms with van der Waals surface area (Å²) in [5, 5.41) is 6.01. The maximum Gasteiger partial charge on any atom is 0.319 e. The van der Waals surface area contributed by atoms with E-state index in [0.717, 1.165) is 29.0 Å². The number of amides is 2. The molecule has 0 bridgehead atoms. The zero-order valence-corrected chi connectivity index (χ0v) is 17.8. The normalized spacial score (nSPS) is 11.7. The highest BCUT2D eigenvalue weighted by Gasteiger charge is 2.16. The lowest BCUT2D eigenvalue weighted by Gasteiger charge is -2.25. The monoisotopic (exact) mass is 403 g/mol. The largest absolute Gasteiger partial charge is 0.497 e. The lowest BCUT2D eigenvalue weighted by atomic mass is 10.0. The molecule has 0 aliphatic rings. The van der Waals surface area contributed by atoms with Gasteiger partial charge in [0.1, 0.15) is 5.75 Å². The highest BCUT2D eigenvalue weighted by atomic mass is 16.5. The third-order valence-corrected chi connectivity index (χ3v) is 5.06. The minimum atomic E-state index is -0.217. The van der Waals surface area contributed by atoms with Crippen molar-refractivity contribution in [3.63, 3.8) is 0 Å². The number of carbonyl (C=O) groups excluding carboxylic acids is 1.